The molecule has 0 spiro atoms. The zero-order valence-electron chi connectivity index (χ0n) is 2.86. The maximum absolute atomic E-state index is 4.72. The van der Waals surface area contributed by atoms with Gasteiger partial charge in [0, 0.05) is 19.5 Å². The minimum atomic E-state index is 0. The summed E-state index contributed by atoms with van der Waals surface area (Å²) in [5.41, 5.74) is 0. The second-order valence-corrected chi connectivity index (χ2v) is 0.333. The zero-order chi connectivity index (χ0) is 2.71. The van der Waals surface area contributed by atoms with Gasteiger partial charge in [-0.3, -0.25) is 0 Å². The average Bonchev–Trinajstić information content (AvgIpc) is 0.918. The van der Waals surface area contributed by atoms with Crippen LogP contribution in [0.1, 0.15) is 6.92 Å². The fourth-order valence-corrected chi connectivity index (χ4v) is 0. The van der Waals surface area contributed by atoms with Crippen LogP contribution in [0.15, 0.2) is 6.08 Å². The molecule has 0 aliphatic rings. The summed E-state index contributed by atoms with van der Waals surface area (Å²) in [5.74, 6) is 0. The van der Waals surface area contributed by atoms with E-state index in [9.17, 15) is 0 Å². The summed E-state index contributed by atoms with van der Waals surface area (Å²) in [6.45, 7) is 6.50. The van der Waals surface area contributed by atoms with Crippen molar-refractivity contribution in [2.45, 2.75) is 6.92 Å². The molecule has 0 N–H and O–H groups in total. The van der Waals surface area contributed by atoms with Crippen molar-refractivity contribution >= 4 is 0 Å². The molecule has 0 nitrogen and oxygen atoms in total. The van der Waals surface area contributed by atoms with E-state index >= 15 is 0 Å². The topological polar surface area (TPSA) is 0 Å². The Balaban J connectivity index is 0. The van der Waals surface area contributed by atoms with E-state index in [-0.39, 0.29) is 19.5 Å². The van der Waals surface area contributed by atoms with Crippen LogP contribution in [0.4, 0.5) is 0 Å². The van der Waals surface area contributed by atoms with Crippen molar-refractivity contribution in [2.24, 2.45) is 0 Å². The number of hydrogen-bond acceptors (Lipinski definition) is 0. The molecule has 0 fully saturated rings. The molecule has 0 unspecified atom stereocenters. The summed E-state index contributed by atoms with van der Waals surface area (Å²) < 4.78 is 0. The molecular formula is C3H5Zn. The van der Waals surface area contributed by atoms with Gasteiger partial charge in [0.05, 0.1) is 0 Å². The van der Waals surface area contributed by atoms with Crippen molar-refractivity contribution in [3.05, 3.63) is 12.7 Å². The van der Waals surface area contributed by atoms with E-state index in [0.29, 0.717) is 0 Å². The molecule has 0 aromatic carbocycles. The molecule has 0 rings (SSSR count). The number of allylic oxidation sites excluding steroid dienone is 1. The molecule has 19 valence electrons. The van der Waals surface area contributed by atoms with Crippen molar-refractivity contribution in [2.75, 3.05) is 0 Å². The van der Waals surface area contributed by atoms with Gasteiger partial charge >= 0.3 is 0 Å². The molecule has 0 heterocycles. The van der Waals surface area contributed by atoms with Crippen molar-refractivity contribution in [1.29, 1.82) is 0 Å². The summed E-state index contributed by atoms with van der Waals surface area (Å²) >= 11 is 0. The molecule has 0 saturated carbocycles. The first-order valence-electron chi connectivity index (χ1n) is 0.911. The van der Waals surface area contributed by atoms with Gasteiger partial charge in [-0.1, -0.05) is 12.7 Å². The molecule has 0 amide bonds. The fraction of sp³-hybridized carbons (Fsp3) is 0.333. The second-order valence-electron chi connectivity index (χ2n) is 0.333. The Hall–Kier alpha value is 0.363. The summed E-state index contributed by atoms with van der Waals surface area (Å²) in [5, 5.41) is 0. The van der Waals surface area contributed by atoms with E-state index < -0.39 is 0 Å². The molecule has 4 heavy (non-hydrogen) atoms. The maximum atomic E-state index is 4.72. The van der Waals surface area contributed by atoms with Crippen molar-refractivity contribution in [1.82, 2.24) is 0 Å². The molecule has 0 atom stereocenters. The van der Waals surface area contributed by atoms with Crippen molar-refractivity contribution in [3.8, 4) is 0 Å². The molecule has 0 aliphatic carbocycles. The van der Waals surface area contributed by atoms with Crippen LogP contribution in [-0.4, -0.2) is 0 Å². The Morgan fingerprint density at radius 3 is 1.75 bits per heavy atom. The first-order valence-corrected chi connectivity index (χ1v) is 0.911. The molecule has 0 aromatic rings. The summed E-state index contributed by atoms with van der Waals surface area (Å²) in [6.07, 6.45) is 1.50. The Morgan fingerprint density at radius 2 is 1.75 bits per heavy atom. The molecule has 1 heteroatoms. The van der Waals surface area contributed by atoms with Crippen LogP contribution in [0.2, 0.25) is 0 Å². The van der Waals surface area contributed by atoms with E-state index in [2.05, 4.69) is 0 Å². The van der Waals surface area contributed by atoms with Crippen LogP contribution in [0.25, 0.3) is 0 Å². The minimum absolute atomic E-state index is 0. The van der Waals surface area contributed by atoms with Crippen molar-refractivity contribution in [3.63, 3.8) is 0 Å². The number of rotatable bonds is 0. The smallest absolute Gasteiger partial charge is 0 e. The third kappa shape index (κ3) is 33.3. The largest absolute Gasteiger partial charge is 0.0877 e. The Kier molecular flexibility index (Phi) is 22.3. The summed E-state index contributed by atoms with van der Waals surface area (Å²) in [7, 11) is 0. The fourth-order valence-electron chi connectivity index (χ4n) is 0. The van der Waals surface area contributed by atoms with Gasteiger partial charge < -0.3 is 0 Å². The van der Waals surface area contributed by atoms with Crippen molar-refractivity contribution < 1.29 is 19.5 Å². The van der Waals surface area contributed by atoms with Crippen LogP contribution in [0, 0.1) is 6.58 Å². The van der Waals surface area contributed by atoms with E-state index in [1.54, 1.807) is 6.92 Å². The first-order chi connectivity index (χ1) is 1.41. The minimum Gasteiger partial charge on any atom is -0.0877 e. The van der Waals surface area contributed by atoms with E-state index in [0.717, 1.165) is 0 Å². The predicted molar refractivity (Wildman–Crippen MR) is 14.5 cm³/mol. The molecule has 0 bridgehead atoms. The summed E-state index contributed by atoms with van der Waals surface area (Å²) in [4.78, 5) is 0. The van der Waals surface area contributed by atoms with Gasteiger partial charge in [0.2, 0.25) is 0 Å². The molecule has 1 radical (unpaired) electrons. The van der Waals surface area contributed by atoms with Gasteiger partial charge in [-0.15, -0.1) is 0 Å². The molecule has 0 aromatic heterocycles. The second kappa shape index (κ2) is 10.1. The van der Waals surface area contributed by atoms with Crippen LogP contribution >= 0.6 is 0 Å². The third-order valence-electron chi connectivity index (χ3n) is 0. The van der Waals surface area contributed by atoms with Crippen LogP contribution < -0.4 is 0 Å². The molecule has 0 saturated heterocycles. The first kappa shape index (κ1) is 8.84. The third-order valence-corrected chi connectivity index (χ3v) is 0. The van der Waals surface area contributed by atoms with Gasteiger partial charge in [-0.2, -0.15) is 0 Å². The Morgan fingerprint density at radius 1 is 1.75 bits per heavy atom. The van der Waals surface area contributed by atoms with Crippen LogP contribution in [-0.2, 0) is 19.5 Å². The SMILES string of the molecule is [CH]=CC.[Zn]. The average molecular weight is 106 g/mol. The van der Waals surface area contributed by atoms with Gasteiger partial charge in [-0.25, -0.2) is 0 Å². The van der Waals surface area contributed by atoms with E-state index in [4.69, 9.17) is 6.58 Å². The maximum Gasteiger partial charge on any atom is 0 e. The Labute approximate surface area is 39.7 Å². The molecule has 0 aliphatic heterocycles. The Bertz CT molecular complexity index is 10.8. The normalized spacial score (nSPS) is 3.25. The van der Waals surface area contributed by atoms with Gasteiger partial charge in [0.25, 0.3) is 0 Å². The van der Waals surface area contributed by atoms with E-state index in [1.807, 2.05) is 0 Å². The van der Waals surface area contributed by atoms with Gasteiger partial charge in [-0.05, 0) is 6.92 Å². The summed E-state index contributed by atoms with van der Waals surface area (Å²) in [6, 6.07) is 0. The molecular weight excluding hydrogens is 101 g/mol. The quantitative estimate of drug-likeness (QED) is 0.404. The monoisotopic (exact) mass is 105 g/mol. The van der Waals surface area contributed by atoms with Crippen LogP contribution in [0.5, 0.6) is 0 Å². The van der Waals surface area contributed by atoms with Crippen LogP contribution in [0.3, 0.4) is 0 Å². The number of hydrogen-bond donors (Lipinski definition) is 0. The predicted octanol–water partition coefficient (Wildman–Crippen LogP) is 0.993. The zero-order valence-corrected chi connectivity index (χ0v) is 5.83. The van der Waals surface area contributed by atoms with Gasteiger partial charge in [0.15, 0.2) is 0 Å². The van der Waals surface area contributed by atoms with Gasteiger partial charge in [0.1, 0.15) is 0 Å². The van der Waals surface area contributed by atoms with E-state index in [1.165, 1.54) is 6.08 Å². The standard InChI is InChI=1S/C3H5.Zn/c1-3-2;/h1,3H,2H3;.